The fourth-order valence-electron chi connectivity index (χ4n) is 2.22. The Kier molecular flexibility index (Phi) is 3.20. The molecular formula is C15H16N2O. The van der Waals surface area contributed by atoms with E-state index in [4.69, 9.17) is 5.26 Å². The Bertz CT molecular complexity index is 631. The number of benzene rings is 1. The van der Waals surface area contributed by atoms with Crippen molar-refractivity contribution in [2.75, 3.05) is 0 Å². The van der Waals surface area contributed by atoms with E-state index >= 15 is 0 Å². The SMILES string of the molecule is CC(C)C(C#N)C(=O)c1cn(C)c2ccccc12. The summed E-state index contributed by atoms with van der Waals surface area (Å²) < 4.78 is 1.93. The Morgan fingerprint density at radius 3 is 2.61 bits per heavy atom. The van der Waals surface area contributed by atoms with Crippen LogP contribution in [0.25, 0.3) is 10.9 Å². The van der Waals surface area contributed by atoms with Crippen LogP contribution in [-0.2, 0) is 7.05 Å². The molecule has 3 nitrogen and oxygen atoms in total. The number of ketones is 1. The van der Waals surface area contributed by atoms with Crippen LogP contribution in [0.3, 0.4) is 0 Å². The van der Waals surface area contributed by atoms with E-state index in [1.54, 1.807) is 0 Å². The number of nitrogens with zero attached hydrogens (tertiary/aromatic N) is 2. The largest absolute Gasteiger partial charge is 0.350 e. The average molecular weight is 240 g/mol. The molecule has 18 heavy (non-hydrogen) atoms. The molecule has 1 heterocycles. The van der Waals surface area contributed by atoms with Gasteiger partial charge >= 0.3 is 0 Å². The number of fused-ring (bicyclic) bond motifs is 1. The van der Waals surface area contributed by atoms with Gasteiger partial charge in [-0.1, -0.05) is 32.0 Å². The highest BCUT2D eigenvalue weighted by Crippen LogP contribution is 2.25. The Hall–Kier alpha value is -2.08. The number of aryl methyl sites for hydroxylation is 1. The topological polar surface area (TPSA) is 45.8 Å². The number of para-hydroxylation sites is 1. The molecule has 92 valence electrons. The van der Waals surface area contributed by atoms with E-state index in [1.165, 1.54) is 0 Å². The molecule has 0 bridgehead atoms. The first-order chi connectivity index (χ1) is 8.56. The maximum Gasteiger partial charge on any atom is 0.182 e. The molecule has 1 aromatic heterocycles. The lowest BCUT2D eigenvalue weighted by Crippen LogP contribution is -2.18. The van der Waals surface area contributed by atoms with Gasteiger partial charge in [-0.05, 0) is 12.0 Å². The first-order valence-corrected chi connectivity index (χ1v) is 6.04. The molecule has 2 aromatic rings. The number of Topliss-reactive ketones (excluding diaryl/α,β-unsaturated/α-hetero) is 1. The van der Waals surface area contributed by atoms with Crippen molar-refractivity contribution in [2.24, 2.45) is 18.9 Å². The van der Waals surface area contributed by atoms with Crippen molar-refractivity contribution in [2.45, 2.75) is 13.8 Å². The minimum Gasteiger partial charge on any atom is -0.350 e. The van der Waals surface area contributed by atoms with Crippen LogP contribution in [0.1, 0.15) is 24.2 Å². The van der Waals surface area contributed by atoms with Gasteiger partial charge in [0, 0.05) is 29.7 Å². The van der Waals surface area contributed by atoms with Crippen LogP contribution in [0.2, 0.25) is 0 Å². The Labute approximate surface area is 107 Å². The first kappa shape index (κ1) is 12.4. The number of hydrogen-bond donors (Lipinski definition) is 0. The molecule has 2 rings (SSSR count). The van der Waals surface area contributed by atoms with Crippen molar-refractivity contribution >= 4 is 16.7 Å². The monoisotopic (exact) mass is 240 g/mol. The van der Waals surface area contributed by atoms with Crippen molar-refractivity contribution in [3.63, 3.8) is 0 Å². The highest BCUT2D eigenvalue weighted by atomic mass is 16.1. The number of aromatic nitrogens is 1. The second kappa shape index (κ2) is 4.66. The molecule has 0 spiro atoms. The van der Waals surface area contributed by atoms with Crippen LogP contribution < -0.4 is 0 Å². The van der Waals surface area contributed by atoms with Gasteiger partial charge in [0.05, 0.1) is 6.07 Å². The third-order valence-electron chi connectivity index (χ3n) is 3.25. The third kappa shape index (κ3) is 1.91. The Morgan fingerprint density at radius 2 is 2.00 bits per heavy atom. The fraction of sp³-hybridized carbons (Fsp3) is 0.333. The zero-order valence-corrected chi connectivity index (χ0v) is 10.8. The maximum atomic E-state index is 12.4. The number of carbonyl (C=O) groups excluding carboxylic acids is 1. The molecule has 1 unspecified atom stereocenters. The van der Waals surface area contributed by atoms with Gasteiger partial charge in [0.15, 0.2) is 5.78 Å². The summed E-state index contributed by atoms with van der Waals surface area (Å²) in [5.74, 6) is -0.624. The van der Waals surface area contributed by atoms with Crippen molar-refractivity contribution in [1.82, 2.24) is 4.57 Å². The van der Waals surface area contributed by atoms with Gasteiger partial charge in [-0.2, -0.15) is 5.26 Å². The first-order valence-electron chi connectivity index (χ1n) is 6.04. The highest BCUT2D eigenvalue weighted by Gasteiger charge is 2.25. The van der Waals surface area contributed by atoms with Gasteiger partial charge in [-0.3, -0.25) is 4.79 Å². The van der Waals surface area contributed by atoms with Gasteiger partial charge in [-0.15, -0.1) is 0 Å². The van der Waals surface area contributed by atoms with Gasteiger partial charge in [0.2, 0.25) is 0 Å². The molecular weight excluding hydrogens is 224 g/mol. The molecule has 1 aromatic carbocycles. The normalized spacial score (nSPS) is 12.6. The molecule has 0 aliphatic rings. The number of nitriles is 1. The number of rotatable bonds is 3. The number of carbonyl (C=O) groups is 1. The highest BCUT2D eigenvalue weighted by molar-refractivity contribution is 6.10. The van der Waals surface area contributed by atoms with Gasteiger partial charge in [-0.25, -0.2) is 0 Å². The van der Waals surface area contributed by atoms with Crippen LogP contribution in [-0.4, -0.2) is 10.4 Å². The van der Waals surface area contributed by atoms with Gasteiger partial charge in [0.1, 0.15) is 5.92 Å². The Morgan fingerprint density at radius 1 is 1.33 bits per heavy atom. The average Bonchev–Trinajstić information content (AvgIpc) is 2.68. The van der Waals surface area contributed by atoms with Crippen molar-refractivity contribution in [3.05, 3.63) is 36.0 Å². The second-order valence-corrected chi connectivity index (χ2v) is 4.89. The lowest BCUT2D eigenvalue weighted by molar-refractivity contribution is 0.0926. The van der Waals surface area contributed by atoms with Crippen molar-refractivity contribution < 1.29 is 4.79 Å². The second-order valence-electron chi connectivity index (χ2n) is 4.89. The third-order valence-corrected chi connectivity index (χ3v) is 3.25. The Balaban J connectivity index is 2.56. The predicted molar refractivity (Wildman–Crippen MR) is 71.2 cm³/mol. The molecule has 0 radical (unpaired) electrons. The van der Waals surface area contributed by atoms with Gasteiger partial charge < -0.3 is 4.57 Å². The standard InChI is InChI=1S/C15H16N2O/c1-10(2)12(8-16)15(18)13-9-17(3)14-7-5-4-6-11(13)14/h4-7,9-10,12H,1-3H3. The summed E-state index contributed by atoms with van der Waals surface area (Å²) in [6.07, 6.45) is 1.82. The smallest absolute Gasteiger partial charge is 0.182 e. The summed E-state index contributed by atoms with van der Waals surface area (Å²) >= 11 is 0. The number of hydrogen-bond acceptors (Lipinski definition) is 2. The van der Waals surface area contributed by atoms with E-state index in [0.29, 0.717) is 5.56 Å². The summed E-state index contributed by atoms with van der Waals surface area (Å²) in [6.45, 7) is 3.80. The summed E-state index contributed by atoms with van der Waals surface area (Å²) in [5.41, 5.74) is 1.66. The molecule has 0 saturated carbocycles. The summed E-state index contributed by atoms with van der Waals surface area (Å²) in [6, 6.07) is 9.88. The van der Waals surface area contributed by atoms with E-state index in [1.807, 2.05) is 55.9 Å². The fourth-order valence-corrected chi connectivity index (χ4v) is 2.22. The van der Waals surface area contributed by atoms with Crippen LogP contribution >= 0.6 is 0 Å². The van der Waals surface area contributed by atoms with E-state index in [2.05, 4.69) is 6.07 Å². The van der Waals surface area contributed by atoms with Crippen LogP contribution in [0.15, 0.2) is 30.5 Å². The zero-order chi connectivity index (χ0) is 13.3. The van der Waals surface area contributed by atoms with E-state index in [9.17, 15) is 4.79 Å². The van der Waals surface area contributed by atoms with E-state index in [0.717, 1.165) is 10.9 Å². The summed E-state index contributed by atoms with van der Waals surface area (Å²) in [7, 11) is 1.91. The van der Waals surface area contributed by atoms with E-state index < -0.39 is 5.92 Å². The molecule has 0 aliphatic heterocycles. The lowest BCUT2D eigenvalue weighted by Gasteiger charge is -2.10. The van der Waals surface area contributed by atoms with E-state index in [-0.39, 0.29) is 11.7 Å². The van der Waals surface area contributed by atoms with Gasteiger partial charge in [0.25, 0.3) is 0 Å². The molecule has 0 N–H and O–H groups in total. The molecule has 3 heteroatoms. The zero-order valence-electron chi connectivity index (χ0n) is 10.8. The van der Waals surface area contributed by atoms with Crippen molar-refractivity contribution in [1.29, 1.82) is 5.26 Å². The maximum absolute atomic E-state index is 12.4. The predicted octanol–water partition coefficient (Wildman–Crippen LogP) is 3.16. The lowest BCUT2D eigenvalue weighted by atomic mass is 9.89. The molecule has 0 aliphatic carbocycles. The van der Waals surface area contributed by atoms with Crippen molar-refractivity contribution in [3.8, 4) is 6.07 Å². The molecule has 1 atom stereocenters. The minimum atomic E-state index is -0.573. The molecule has 0 fully saturated rings. The summed E-state index contributed by atoms with van der Waals surface area (Å²) in [4.78, 5) is 12.4. The quantitative estimate of drug-likeness (QED) is 0.773. The van der Waals surface area contributed by atoms with Crippen LogP contribution in [0, 0.1) is 23.2 Å². The molecule has 0 saturated heterocycles. The van der Waals surface area contributed by atoms with Crippen LogP contribution in [0.4, 0.5) is 0 Å². The van der Waals surface area contributed by atoms with Crippen LogP contribution in [0.5, 0.6) is 0 Å². The minimum absolute atomic E-state index is 0.0291. The summed E-state index contributed by atoms with van der Waals surface area (Å²) in [5, 5.41) is 10.1. The molecule has 0 amide bonds.